The van der Waals surface area contributed by atoms with Crippen LogP contribution in [-0.2, 0) is 24.2 Å². The highest BCUT2D eigenvalue weighted by Gasteiger charge is 2.13. The Kier molecular flexibility index (Phi) is 5.19. The van der Waals surface area contributed by atoms with E-state index in [4.69, 9.17) is 11.6 Å². The molecule has 3 rings (SSSR count). The fourth-order valence-electron chi connectivity index (χ4n) is 2.99. The topological polar surface area (TPSA) is 41.1 Å². The number of amides is 1. The van der Waals surface area contributed by atoms with E-state index >= 15 is 0 Å². The van der Waals surface area contributed by atoms with E-state index in [9.17, 15) is 4.79 Å². The van der Waals surface area contributed by atoms with Crippen LogP contribution in [0.25, 0.3) is 0 Å². The second-order valence-corrected chi connectivity index (χ2v) is 6.34. The molecule has 0 aliphatic heterocycles. The quantitative estimate of drug-likeness (QED) is 0.872. The van der Waals surface area contributed by atoms with Gasteiger partial charge in [-0.15, -0.1) is 0 Å². The number of aryl methyl sites for hydroxylation is 1. The van der Waals surface area contributed by atoms with Crippen LogP contribution < -0.4 is 10.6 Å². The van der Waals surface area contributed by atoms with Crippen LogP contribution in [0.5, 0.6) is 0 Å². The number of hydrogen-bond acceptors (Lipinski definition) is 2. The molecular weight excluding hydrogens is 308 g/mol. The Bertz CT molecular complexity index is 682. The van der Waals surface area contributed by atoms with Gasteiger partial charge in [-0.3, -0.25) is 4.79 Å². The number of fused-ring (bicyclic) bond motifs is 1. The molecule has 1 aliphatic carbocycles. The maximum absolute atomic E-state index is 12.0. The van der Waals surface area contributed by atoms with Gasteiger partial charge in [0.15, 0.2) is 0 Å². The molecule has 2 N–H and O–H groups in total. The first-order valence-electron chi connectivity index (χ1n) is 8.08. The van der Waals surface area contributed by atoms with E-state index in [1.165, 1.54) is 24.0 Å². The van der Waals surface area contributed by atoms with Gasteiger partial charge >= 0.3 is 0 Å². The zero-order valence-electron chi connectivity index (χ0n) is 13.1. The Morgan fingerprint density at radius 1 is 1.04 bits per heavy atom. The molecular formula is C19H21ClN2O. The second kappa shape index (κ2) is 7.51. The van der Waals surface area contributed by atoms with Gasteiger partial charge in [-0.1, -0.05) is 35.9 Å². The van der Waals surface area contributed by atoms with Gasteiger partial charge in [0.25, 0.3) is 0 Å². The van der Waals surface area contributed by atoms with Gasteiger partial charge in [0.1, 0.15) is 0 Å². The summed E-state index contributed by atoms with van der Waals surface area (Å²) < 4.78 is 0. The average molecular weight is 329 g/mol. The molecule has 0 aromatic heterocycles. The van der Waals surface area contributed by atoms with Crippen LogP contribution in [0.15, 0.2) is 42.5 Å². The first-order chi connectivity index (χ1) is 11.2. The summed E-state index contributed by atoms with van der Waals surface area (Å²) in [6.07, 6.45) is 4.74. The molecule has 3 nitrogen and oxygen atoms in total. The van der Waals surface area contributed by atoms with Gasteiger partial charge in [-0.25, -0.2) is 0 Å². The molecule has 2 aromatic rings. The fourth-order valence-corrected chi connectivity index (χ4v) is 3.11. The average Bonchev–Trinajstić information content (AvgIpc) is 2.59. The van der Waals surface area contributed by atoms with E-state index in [0.29, 0.717) is 18.1 Å². The molecule has 4 heteroatoms. The van der Waals surface area contributed by atoms with Crippen molar-refractivity contribution in [3.8, 4) is 0 Å². The van der Waals surface area contributed by atoms with Crippen LogP contribution in [0.3, 0.4) is 0 Å². The Labute approximate surface area is 142 Å². The fraction of sp³-hybridized carbons (Fsp3) is 0.316. The highest BCUT2D eigenvalue weighted by atomic mass is 35.5. The lowest BCUT2D eigenvalue weighted by molar-refractivity contribution is -0.119. The summed E-state index contributed by atoms with van der Waals surface area (Å²) in [5.41, 5.74) is 4.94. The lowest BCUT2D eigenvalue weighted by atomic mass is 9.90. The zero-order valence-corrected chi connectivity index (χ0v) is 13.8. The van der Waals surface area contributed by atoms with Gasteiger partial charge in [0, 0.05) is 17.3 Å². The third kappa shape index (κ3) is 4.26. The number of rotatable bonds is 5. The molecule has 0 radical (unpaired) electrons. The number of halogens is 1. The molecule has 0 spiro atoms. The number of carbonyl (C=O) groups excluding carboxylic acids is 1. The normalized spacial score (nSPS) is 13.3. The van der Waals surface area contributed by atoms with Crippen molar-refractivity contribution in [3.63, 3.8) is 0 Å². The van der Waals surface area contributed by atoms with Gasteiger partial charge in [-0.2, -0.15) is 0 Å². The lowest BCUT2D eigenvalue weighted by Crippen LogP contribution is -2.29. The van der Waals surface area contributed by atoms with Crippen molar-refractivity contribution in [2.24, 2.45) is 0 Å². The van der Waals surface area contributed by atoms with Crippen molar-refractivity contribution < 1.29 is 4.79 Å². The first kappa shape index (κ1) is 15.9. The number of carbonyl (C=O) groups is 1. The number of benzene rings is 2. The van der Waals surface area contributed by atoms with Crippen molar-refractivity contribution >= 4 is 23.2 Å². The predicted molar refractivity (Wildman–Crippen MR) is 94.9 cm³/mol. The van der Waals surface area contributed by atoms with Gasteiger partial charge in [-0.05, 0) is 60.6 Å². The van der Waals surface area contributed by atoms with Gasteiger partial charge < -0.3 is 10.6 Å². The van der Waals surface area contributed by atoms with Crippen LogP contribution in [0.4, 0.5) is 5.69 Å². The largest absolute Gasteiger partial charge is 0.376 e. The molecule has 2 aromatic carbocycles. The van der Waals surface area contributed by atoms with Gasteiger partial charge in [0.2, 0.25) is 5.91 Å². The summed E-state index contributed by atoms with van der Waals surface area (Å²) in [6, 6.07) is 13.8. The van der Waals surface area contributed by atoms with E-state index < -0.39 is 0 Å². The summed E-state index contributed by atoms with van der Waals surface area (Å²) in [6.45, 7) is 0.814. The molecule has 0 saturated heterocycles. The highest BCUT2D eigenvalue weighted by molar-refractivity contribution is 6.30. The molecule has 1 aliphatic rings. The van der Waals surface area contributed by atoms with Gasteiger partial charge in [0.05, 0.1) is 6.54 Å². The van der Waals surface area contributed by atoms with Crippen LogP contribution in [-0.4, -0.2) is 12.5 Å². The minimum Gasteiger partial charge on any atom is -0.376 e. The molecule has 0 heterocycles. The predicted octanol–water partition coefficient (Wildman–Crippen LogP) is 3.95. The molecule has 0 atom stereocenters. The van der Waals surface area contributed by atoms with Crippen molar-refractivity contribution in [2.45, 2.75) is 32.2 Å². The van der Waals surface area contributed by atoms with Crippen LogP contribution >= 0.6 is 11.6 Å². The van der Waals surface area contributed by atoms with E-state index in [1.54, 1.807) is 0 Å². The Morgan fingerprint density at radius 3 is 2.65 bits per heavy atom. The molecule has 0 fully saturated rings. The minimum absolute atomic E-state index is 0.00615. The molecule has 23 heavy (non-hydrogen) atoms. The minimum atomic E-state index is -0.00615. The Morgan fingerprint density at radius 2 is 1.83 bits per heavy atom. The number of hydrogen-bond donors (Lipinski definition) is 2. The molecule has 120 valence electrons. The summed E-state index contributed by atoms with van der Waals surface area (Å²) in [5, 5.41) is 6.91. The number of nitrogens with one attached hydrogen (secondary N) is 2. The summed E-state index contributed by atoms with van der Waals surface area (Å²) in [7, 11) is 0. The van der Waals surface area contributed by atoms with Crippen LogP contribution in [0, 0.1) is 0 Å². The molecule has 0 saturated carbocycles. The molecule has 1 amide bonds. The van der Waals surface area contributed by atoms with Crippen molar-refractivity contribution in [2.75, 3.05) is 11.9 Å². The maximum atomic E-state index is 12.0. The van der Waals surface area contributed by atoms with E-state index in [-0.39, 0.29) is 5.91 Å². The van der Waals surface area contributed by atoms with Crippen LogP contribution in [0.1, 0.15) is 29.5 Å². The van der Waals surface area contributed by atoms with Crippen molar-refractivity contribution in [3.05, 3.63) is 64.2 Å². The zero-order chi connectivity index (χ0) is 16.1. The van der Waals surface area contributed by atoms with Crippen LogP contribution in [0.2, 0.25) is 5.02 Å². The Balaban J connectivity index is 1.52. The molecule has 0 bridgehead atoms. The van der Waals surface area contributed by atoms with E-state index in [0.717, 1.165) is 24.1 Å². The Hall–Kier alpha value is -2.00. The smallest absolute Gasteiger partial charge is 0.239 e. The van der Waals surface area contributed by atoms with Crippen molar-refractivity contribution in [1.29, 1.82) is 0 Å². The summed E-state index contributed by atoms with van der Waals surface area (Å²) >= 11 is 5.85. The van der Waals surface area contributed by atoms with E-state index in [1.807, 2.05) is 24.3 Å². The lowest BCUT2D eigenvalue weighted by Gasteiger charge is -2.20. The third-order valence-electron chi connectivity index (χ3n) is 4.24. The monoisotopic (exact) mass is 328 g/mol. The second-order valence-electron chi connectivity index (χ2n) is 5.91. The van der Waals surface area contributed by atoms with E-state index in [2.05, 4.69) is 28.8 Å². The number of anilines is 1. The molecule has 0 unspecified atom stereocenters. The highest BCUT2D eigenvalue weighted by Crippen LogP contribution is 2.27. The maximum Gasteiger partial charge on any atom is 0.239 e. The van der Waals surface area contributed by atoms with Crippen molar-refractivity contribution in [1.82, 2.24) is 5.32 Å². The standard InChI is InChI=1S/C19H21ClN2O/c20-16-10-8-14(9-11-16)12-22-19(23)13-21-18-7-3-5-15-4-1-2-6-17(15)18/h3,5,7-11,21H,1-2,4,6,12-13H2,(H,22,23). The third-order valence-corrected chi connectivity index (χ3v) is 4.49. The SMILES string of the molecule is O=C(CNc1cccc2c1CCCC2)NCc1ccc(Cl)cc1. The summed E-state index contributed by atoms with van der Waals surface area (Å²) in [4.78, 5) is 12.0. The summed E-state index contributed by atoms with van der Waals surface area (Å²) in [5.74, 6) is -0.00615. The first-order valence-corrected chi connectivity index (χ1v) is 8.46.